The average Bonchev–Trinajstić information content (AvgIpc) is 3.46. The first-order valence-corrected chi connectivity index (χ1v) is 9.00. The van der Waals surface area contributed by atoms with Crippen molar-refractivity contribution in [1.29, 1.82) is 0 Å². The molecule has 0 amide bonds. The van der Waals surface area contributed by atoms with Crippen LogP contribution in [-0.4, -0.2) is 28.2 Å². The molecule has 2 bridgehead atoms. The van der Waals surface area contributed by atoms with E-state index >= 15 is 0 Å². The topological polar surface area (TPSA) is 97.8 Å². The van der Waals surface area contributed by atoms with E-state index in [2.05, 4.69) is 0 Å². The van der Waals surface area contributed by atoms with Gasteiger partial charge in [-0.25, -0.2) is 0 Å². The van der Waals surface area contributed by atoms with Crippen LogP contribution < -0.4 is 9.47 Å². The maximum absolute atomic E-state index is 12.7. The number of aliphatic hydroxyl groups excluding tert-OH is 1. The molecule has 7 heteroatoms. The number of ether oxygens (including phenoxy) is 4. The number of carbonyl (C=O) groups excluding carboxylic acids is 1. The lowest BCUT2D eigenvalue weighted by Crippen LogP contribution is -2.61. The number of phenols is 1. The Morgan fingerprint density at radius 3 is 2.81 bits per heavy atom. The smallest absolute Gasteiger partial charge is 0.274 e. The number of aliphatic hydroxyl groups is 1. The summed E-state index contributed by atoms with van der Waals surface area (Å²) in [5.41, 5.74) is 1.93. The van der Waals surface area contributed by atoms with Crippen molar-refractivity contribution in [2.45, 2.75) is 42.7 Å². The number of carbonyl (C=O) groups is 1. The lowest BCUT2D eigenvalue weighted by molar-refractivity contribution is -0.370. The standard InChI is InChI=1S/C20H14O7/c21-9-6-7-19-14-8(9)2-1-3-11(14)26-20(27-19)15-12(25-19)5-4-10(22)13(15)16(23)17-18(20)24-17/h1-5,9,17-18,21-22H,6-7H2/t9-,17+,18+,19+,20-/m1/s1. The second-order valence-corrected chi connectivity index (χ2v) is 7.68. The van der Waals surface area contributed by atoms with E-state index in [0.717, 1.165) is 5.56 Å². The number of benzene rings is 2. The Kier molecular flexibility index (Phi) is 2.20. The van der Waals surface area contributed by atoms with E-state index in [1.54, 1.807) is 12.1 Å². The molecule has 5 atom stereocenters. The molecule has 0 unspecified atom stereocenters. The van der Waals surface area contributed by atoms with Crippen LogP contribution in [0.4, 0.5) is 0 Å². The van der Waals surface area contributed by atoms with Crippen LogP contribution in [0.3, 0.4) is 0 Å². The van der Waals surface area contributed by atoms with Gasteiger partial charge in [0.1, 0.15) is 17.2 Å². The summed E-state index contributed by atoms with van der Waals surface area (Å²) in [6, 6.07) is 8.55. The third kappa shape index (κ3) is 1.43. The van der Waals surface area contributed by atoms with Crippen molar-refractivity contribution < 1.29 is 34.0 Å². The summed E-state index contributed by atoms with van der Waals surface area (Å²) in [6.45, 7) is 0. The molecule has 1 saturated heterocycles. The third-order valence-corrected chi connectivity index (χ3v) is 6.26. The zero-order chi connectivity index (χ0) is 18.1. The van der Waals surface area contributed by atoms with Crippen LogP contribution >= 0.6 is 0 Å². The Morgan fingerprint density at radius 2 is 1.93 bits per heavy atom. The van der Waals surface area contributed by atoms with Gasteiger partial charge < -0.3 is 24.4 Å². The highest BCUT2D eigenvalue weighted by Crippen LogP contribution is 2.65. The highest BCUT2D eigenvalue weighted by molar-refractivity contribution is 6.07. The van der Waals surface area contributed by atoms with Crippen molar-refractivity contribution in [3.05, 3.63) is 52.6 Å². The highest BCUT2D eigenvalue weighted by Gasteiger charge is 2.74. The summed E-state index contributed by atoms with van der Waals surface area (Å²) in [4.78, 5) is 12.7. The zero-order valence-corrected chi connectivity index (χ0v) is 14.0. The fourth-order valence-corrected chi connectivity index (χ4v) is 5.11. The lowest BCUT2D eigenvalue weighted by atomic mass is 9.78. The van der Waals surface area contributed by atoms with Crippen molar-refractivity contribution in [3.8, 4) is 17.2 Å². The van der Waals surface area contributed by atoms with Crippen molar-refractivity contribution in [1.82, 2.24) is 0 Å². The number of fused-ring (bicyclic) bond motifs is 1. The number of aromatic hydroxyl groups is 1. The maximum Gasteiger partial charge on any atom is 0.274 e. The summed E-state index contributed by atoms with van der Waals surface area (Å²) in [5.74, 6) is -1.92. The van der Waals surface area contributed by atoms with Crippen molar-refractivity contribution >= 4 is 5.78 Å². The largest absolute Gasteiger partial charge is 0.507 e. The van der Waals surface area contributed by atoms with Gasteiger partial charge >= 0.3 is 0 Å². The second kappa shape index (κ2) is 4.11. The van der Waals surface area contributed by atoms with Crippen LogP contribution in [0.1, 0.15) is 46.0 Å². The molecule has 3 heterocycles. The second-order valence-electron chi connectivity index (χ2n) is 7.68. The normalized spacial score (nSPS) is 38.7. The first-order valence-electron chi connectivity index (χ1n) is 9.00. The molecule has 5 aliphatic rings. The predicted molar refractivity (Wildman–Crippen MR) is 87.4 cm³/mol. The van der Waals surface area contributed by atoms with E-state index in [4.69, 9.17) is 18.9 Å². The molecule has 7 nitrogen and oxygen atoms in total. The third-order valence-electron chi connectivity index (χ3n) is 6.26. The van der Waals surface area contributed by atoms with E-state index in [9.17, 15) is 15.0 Å². The Morgan fingerprint density at radius 1 is 1.07 bits per heavy atom. The number of hydrogen-bond donors (Lipinski definition) is 2. The fourth-order valence-electron chi connectivity index (χ4n) is 5.11. The van der Waals surface area contributed by atoms with Gasteiger partial charge in [0.2, 0.25) is 5.79 Å². The number of phenolic OH excluding ortho intramolecular Hbond substituents is 1. The number of epoxide rings is 1. The number of Topliss-reactive ketones (excluding diaryl/α,β-unsaturated/α-hetero) is 1. The summed E-state index contributed by atoms with van der Waals surface area (Å²) in [6.07, 6.45) is -1.01. The van der Waals surface area contributed by atoms with E-state index in [-0.39, 0.29) is 17.1 Å². The molecular weight excluding hydrogens is 352 g/mol. The molecule has 136 valence electrons. The summed E-state index contributed by atoms with van der Waals surface area (Å²) < 4.78 is 24.8. The highest BCUT2D eigenvalue weighted by atomic mass is 16.8. The number of ketones is 1. The quantitative estimate of drug-likeness (QED) is 0.688. The molecule has 0 aromatic heterocycles. The van der Waals surface area contributed by atoms with Crippen LogP contribution in [0.25, 0.3) is 0 Å². The molecule has 2 aliphatic carbocycles. The Bertz CT molecular complexity index is 1080. The number of hydrogen-bond acceptors (Lipinski definition) is 7. The van der Waals surface area contributed by atoms with Crippen LogP contribution in [0.15, 0.2) is 30.3 Å². The van der Waals surface area contributed by atoms with Crippen molar-refractivity contribution in [3.63, 3.8) is 0 Å². The molecule has 3 aliphatic heterocycles. The van der Waals surface area contributed by atoms with Gasteiger partial charge in [0.25, 0.3) is 5.79 Å². The molecule has 0 radical (unpaired) electrons. The minimum absolute atomic E-state index is 0.136. The van der Waals surface area contributed by atoms with Crippen LogP contribution in [0.5, 0.6) is 17.2 Å². The Hall–Kier alpha value is -2.61. The molecule has 2 spiro atoms. The molecule has 7 rings (SSSR count). The van der Waals surface area contributed by atoms with Gasteiger partial charge in [0, 0.05) is 6.42 Å². The molecule has 27 heavy (non-hydrogen) atoms. The molecular formula is C20H14O7. The van der Waals surface area contributed by atoms with Gasteiger partial charge in [-0.1, -0.05) is 12.1 Å². The summed E-state index contributed by atoms with van der Waals surface area (Å²) >= 11 is 0. The van der Waals surface area contributed by atoms with Crippen LogP contribution in [-0.2, 0) is 21.0 Å². The zero-order valence-electron chi connectivity index (χ0n) is 14.0. The first-order chi connectivity index (χ1) is 13.0. The molecule has 0 saturated carbocycles. The first kappa shape index (κ1) is 14.4. The minimum atomic E-state index is -1.35. The molecule has 2 aromatic carbocycles. The molecule has 1 fully saturated rings. The monoisotopic (exact) mass is 366 g/mol. The minimum Gasteiger partial charge on any atom is -0.507 e. The van der Waals surface area contributed by atoms with Gasteiger partial charge in [-0.3, -0.25) is 9.53 Å². The Labute approximate surface area is 153 Å². The van der Waals surface area contributed by atoms with Gasteiger partial charge in [-0.2, -0.15) is 0 Å². The molecule has 2 aromatic rings. The summed E-state index contributed by atoms with van der Waals surface area (Å²) in [5, 5.41) is 20.8. The van der Waals surface area contributed by atoms with Crippen LogP contribution in [0.2, 0.25) is 0 Å². The van der Waals surface area contributed by atoms with E-state index in [0.29, 0.717) is 35.5 Å². The van der Waals surface area contributed by atoms with E-state index in [1.807, 2.05) is 12.1 Å². The van der Waals surface area contributed by atoms with E-state index < -0.39 is 29.9 Å². The lowest BCUT2D eigenvalue weighted by Gasteiger charge is -2.54. The predicted octanol–water partition coefficient (Wildman–Crippen LogP) is 1.99. The average molecular weight is 366 g/mol. The Balaban J connectivity index is 1.58. The number of rotatable bonds is 0. The van der Waals surface area contributed by atoms with Gasteiger partial charge in [0.05, 0.1) is 22.8 Å². The fraction of sp³-hybridized carbons (Fsp3) is 0.350. The summed E-state index contributed by atoms with van der Waals surface area (Å²) in [7, 11) is 0. The van der Waals surface area contributed by atoms with Crippen molar-refractivity contribution in [2.75, 3.05) is 0 Å². The van der Waals surface area contributed by atoms with Crippen molar-refractivity contribution in [2.24, 2.45) is 0 Å². The van der Waals surface area contributed by atoms with Gasteiger partial charge in [-0.15, -0.1) is 0 Å². The van der Waals surface area contributed by atoms with E-state index in [1.165, 1.54) is 6.07 Å². The maximum atomic E-state index is 12.7. The molecule has 2 N–H and O–H groups in total. The SMILES string of the molecule is O=C1c2c(O)ccc3c2[C@]2(Oc4cccc5c4[C@@](CC[C@H]5O)(O3)O2)[C@H]2O[C@@H]12. The van der Waals surface area contributed by atoms with Gasteiger partial charge in [0.15, 0.2) is 18.0 Å². The van der Waals surface area contributed by atoms with Crippen LogP contribution in [0, 0.1) is 0 Å². The van der Waals surface area contributed by atoms with Gasteiger partial charge in [-0.05, 0) is 30.2 Å².